The molecule has 1 heterocycles. The lowest BCUT2D eigenvalue weighted by Crippen LogP contribution is -2.21. The molecule has 0 saturated carbocycles. The van der Waals surface area contributed by atoms with Crippen LogP contribution in [0.1, 0.15) is 0 Å². The highest BCUT2D eigenvalue weighted by atomic mass is 19.4. The zero-order valence-electron chi connectivity index (χ0n) is 9.52. The number of hydrogen-bond acceptors (Lipinski definition) is 5. The van der Waals surface area contributed by atoms with Crippen molar-refractivity contribution in [2.24, 2.45) is 5.84 Å². The van der Waals surface area contributed by atoms with Gasteiger partial charge in [-0.05, 0) is 0 Å². The van der Waals surface area contributed by atoms with Crippen LogP contribution in [-0.4, -0.2) is 30.9 Å². The van der Waals surface area contributed by atoms with E-state index >= 15 is 0 Å². The molecule has 0 radical (unpaired) electrons. The number of hydrazine groups is 1. The van der Waals surface area contributed by atoms with E-state index in [1.54, 1.807) is 0 Å². The third kappa shape index (κ3) is 5.22. The standard InChI is InChI=1S/C9H11F5N4O/c10-5-3-6(11)8(18-15)17-7(5)16-1-2-19-4-9(12,13)14/h3H,1-2,4,15H2,(H2,16,17,18). The fraction of sp³-hybridized carbons (Fsp3) is 0.444. The van der Waals surface area contributed by atoms with Crippen molar-refractivity contribution in [1.29, 1.82) is 0 Å². The van der Waals surface area contributed by atoms with Gasteiger partial charge in [-0.1, -0.05) is 0 Å². The van der Waals surface area contributed by atoms with E-state index in [4.69, 9.17) is 5.84 Å². The SMILES string of the molecule is NNc1nc(NCCOCC(F)(F)F)c(F)cc1F. The molecule has 10 heteroatoms. The van der Waals surface area contributed by atoms with Crippen LogP contribution in [0, 0.1) is 11.6 Å². The second kappa shape index (κ2) is 6.48. The van der Waals surface area contributed by atoms with Crippen molar-refractivity contribution in [2.45, 2.75) is 6.18 Å². The summed E-state index contributed by atoms with van der Waals surface area (Å²) in [6, 6.07) is 0.543. The van der Waals surface area contributed by atoms with E-state index < -0.39 is 24.4 Å². The minimum atomic E-state index is -4.42. The molecule has 4 N–H and O–H groups in total. The van der Waals surface area contributed by atoms with Crippen LogP contribution in [0.5, 0.6) is 0 Å². The van der Waals surface area contributed by atoms with Gasteiger partial charge in [0.05, 0.1) is 6.61 Å². The number of nitrogens with zero attached hydrogens (tertiary/aromatic N) is 1. The average molecular weight is 286 g/mol. The van der Waals surface area contributed by atoms with Crippen LogP contribution in [0.25, 0.3) is 0 Å². The normalized spacial score (nSPS) is 11.5. The zero-order valence-corrected chi connectivity index (χ0v) is 9.52. The number of ether oxygens (including phenoxy) is 1. The minimum Gasteiger partial charge on any atom is -0.370 e. The number of aromatic nitrogens is 1. The maximum atomic E-state index is 13.2. The molecule has 5 nitrogen and oxygen atoms in total. The number of halogens is 5. The van der Waals surface area contributed by atoms with Gasteiger partial charge in [0, 0.05) is 12.6 Å². The molecule has 19 heavy (non-hydrogen) atoms. The lowest BCUT2D eigenvalue weighted by molar-refractivity contribution is -0.172. The molecule has 0 atom stereocenters. The summed E-state index contributed by atoms with van der Waals surface area (Å²) in [4.78, 5) is 3.46. The largest absolute Gasteiger partial charge is 0.411 e. The molecule has 0 aliphatic carbocycles. The van der Waals surface area contributed by atoms with E-state index in [9.17, 15) is 22.0 Å². The van der Waals surface area contributed by atoms with Crippen LogP contribution < -0.4 is 16.6 Å². The number of nitrogen functional groups attached to an aromatic ring is 1. The summed E-state index contributed by atoms with van der Waals surface area (Å²) < 4.78 is 65.7. The predicted molar refractivity (Wildman–Crippen MR) is 57.3 cm³/mol. The third-order valence-corrected chi connectivity index (χ3v) is 1.87. The third-order valence-electron chi connectivity index (χ3n) is 1.87. The van der Waals surface area contributed by atoms with Crippen molar-refractivity contribution in [3.05, 3.63) is 17.7 Å². The molecule has 0 saturated heterocycles. The Balaban J connectivity index is 2.45. The highest BCUT2D eigenvalue weighted by Gasteiger charge is 2.27. The number of nitrogens with one attached hydrogen (secondary N) is 2. The van der Waals surface area contributed by atoms with Crippen molar-refractivity contribution in [3.8, 4) is 0 Å². The molecule has 0 aliphatic heterocycles. The van der Waals surface area contributed by atoms with Gasteiger partial charge in [-0.3, -0.25) is 0 Å². The molecule has 0 amide bonds. The first-order chi connectivity index (χ1) is 8.83. The Morgan fingerprint density at radius 3 is 2.42 bits per heavy atom. The maximum absolute atomic E-state index is 13.2. The smallest absolute Gasteiger partial charge is 0.370 e. The Kier molecular flexibility index (Phi) is 5.24. The van der Waals surface area contributed by atoms with Crippen molar-refractivity contribution < 1.29 is 26.7 Å². The molecule has 0 fully saturated rings. The number of nitrogens with two attached hydrogens (primary N) is 1. The Morgan fingerprint density at radius 1 is 1.21 bits per heavy atom. The number of rotatable bonds is 6. The van der Waals surface area contributed by atoms with Gasteiger partial charge in [0.2, 0.25) is 0 Å². The Bertz CT molecular complexity index is 426. The molecule has 0 bridgehead atoms. The average Bonchev–Trinajstić information content (AvgIpc) is 2.29. The molecule has 1 aromatic rings. The van der Waals surface area contributed by atoms with Crippen molar-refractivity contribution >= 4 is 11.6 Å². The Hall–Kier alpha value is -1.68. The van der Waals surface area contributed by atoms with E-state index in [2.05, 4.69) is 15.0 Å². The van der Waals surface area contributed by atoms with Crippen LogP contribution in [-0.2, 0) is 4.74 Å². The molecule has 1 aromatic heterocycles. The van der Waals surface area contributed by atoms with Crippen molar-refractivity contribution in [2.75, 3.05) is 30.5 Å². The summed E-state index contributed by atoms with van der Waals surface area (Å²) in [5.74, 6) is 2.23. The van der Waals surface area contributed by atoms with Crippen LogP contribution in [0.4, 0.5) is 33.6 Å². The number of alkyl halides is 3. The van der Waals surface area contributed by atoms with Crippen LogP contribution in [0.15, 0.2) is 6.07 Å². The van der Waals surface area contributed by atoms with Gasteiger partial charge in [0.1, 0.15) is 6.61 Å². The summed E-state index contributed by atoms with van der Waals surface area (Å²) in [5.41, 5.74) is 1.91. The van der Waals surface area contributed by atoms with Gasteiger partial charge < -0.3 is 15.5 Å². The van der Waals surface area contributed by atoms with Crippen LogP contribution in [0.3, 0.4) is 0 Å². The lowest BCUT2D eigenvalue weighted by Gasteiger charge is -2.10. The van der Waals surface area contributed by atoms with Gasteiger partial charge >= 0.3 is 6.18 Å². The van der Waals surface area contributed by atoms with Gasteiger partial charge in [-0.15, -0.1) is 0 Å². The fourth-order valence-corrected chi connectivity index (χ4v) is 1.12. The second-order valence-corrected chi connectivity index (χ2v) is 3.39. The molecule has 108 valence electrons. The summed E-state index contributed by atoms with van der Waals surface area (Å²) >= 11 is 0. The maximum Gasteiger partial charge on any atom is 0.411 e. The number of anilines is 2. The highest BCUT2D eigenvalue weighted by Crippen LogP contribution is 2.18. The van der Waals surface area contributed by atoms with Crippen LogP contribution in [0.2, 0.25) is 0 Å². The van der Waals surface area contributed by atoms with E-state index in [0.29, 0.717) is 6.07 Å². The zero-order chi connectivity index (χ0) is 14.5. The highest BCUT2D eigenvalue weighted by molar-refractivity contribution is 5.46. The first-order valence-electron chi connectivity index (χ1n) is 5.04. The molecule has 0 unspecified atom stereocenters. The molecule has 0 aliphatic rings. The summed E-state index contributed by atoms with van der Waals surface area (Å²) in [5, 5.41) is 2.36. The van der Waals surface area contributed by atoms with E-state index in [1.165, 1.54) is 0 Å². The lowest BCUT2D eigenvalue weighted by atomic mass is 10.4. The minimum absolute atomic E-state index is 0.129. The van der Waals surface area contributed by atoms with E-state index in [1.807, 2.05) is 5.43 Å². The van der Waals surface area contributed by atoms with Gasteiger partial charge in [0.25, 0.3) is 0 Å². The Morgan fingerprint density at radius 2 is 1.84 bits per heavy atom. The van der Waals surface area contributed by atoms with Crippen LogP contribution >= 0.6 is 0 Å². The molecular formula is C9H11F5N4O. The predicted octanol–water partition coefficient (Wildman–Crippen LogP) is 1.64. The second-order valence-electron chi connectivity index (χ2n) is 3.39. The Labute approximate surface area is 104 Å². The first kappa shape index (κ1) is 15.4. The van der Waals surface area contributed by atoms with Gasteiger partial charge in [-0.2, -0.15) is 13.2 Å². The van der Waals surface area contributed by atoms with Crippen molar-refractivity contribution in [3.63, 3.8) is 0 Å². The number of hydrogen-bond donors (Lipinski definition) is 3. The fourth-order valence-electron chi connectivity index (χ4n) is 1.12. The van der Waals surface area contributed by atoms with E-state index in [0.717, 1.165) is 0 Å². The molecule has 0 aromatic carbocycles. The summed E-state index contributed by atoms with van der Waals surface area (Å²) in [7, 11) is 0. The summed E-state index contributed by atoms with van der Waals surface area (Å²) in [6.45, 7) is -1.84. The molecule has 0 spiro atoms. The monoisotopic (exact) mass is 286 g/mol. The quantitative estimate of drug-likeness (QED) is 0.321. The van der Waals surface area contributed by atoms with Gasteiger partial charge in [-0.25, -0.2) is 19.6 Å². The first-order valence-corrected chi connectivity index (χ1v) is 5.04. The molecule has 1 rings (SSSR count). The summed E-state index contributed by atoms with van der Waals surface area (Å²) in [6.07, 6.45) is -4.42. The van der Waals surface area contributed by atoms with Gasteiger partial charge in [0.15, 0.2) is 23.3 Å². The molecular weight excluding hydrogens is 275 g/mol. The van der Waals surface area contributed by atoms with Crippen molar-refractivity contribution in [1.82, 2.24) is 4.98 Å². The topological polar surface area (TPSA) is 72.2 Å². The van der Waals surface area contributed by atoms with E-state index in [-0.39, 0.29) is 24.8 Å². The number of pyridine rings is 1.